The number of benzene rings is 1. The summed E-state index contributed by atoms with van der Waals surface area (Å²) in [6.45, 7) is 6.65. The molecule has 0 aliphatic rings. The summed E-state index contributed by atoms with van der Waals surface area (Å²) in [5.41, 5.74) is 2.50. The number of esters is 1. The van der Waals surface area contributed by atoms with Crippen LogP contribution in [-0.4, -0.2) is 18.5 Å². The first kappa shape index (κ1) is 18.6. The molecule has 0 atom stereocenters. The van der Waals surface area contributed by atoms with E-state index in [1.807, 2.05) is 12.3 Å². The van der Waals surface area contributed by atoms with Gasteiger partial charge in [-0.2, -0.15) is 5.26 Å². The van der Waals surface area contributed by atoms with Crippen LogP contribution in [0, 0.1) is 38.4 Å². The van der Waals surface area contributed by atoms with Crippen LogP contribution in [0.2, 0.25) is 0 Å². The van der Waals surface area contributed by atoms with Gasteiger partial charge in [0.25, 0.3) is 5.91 Å². The molecule has 0 aliphatic carbocycles. The van der Waals surface area contributed by atoms with Gasteiger partial charge >= 0.3 is 5.97 Å². The fourth-order valence-corrected chi connectivity index (χ4v) is 2.85. The summed E-state index contributed by atoms with van der Waals surface area (Å²) < 4.78 is 10.5. The lowest BCUT2D eigenvalue weighted by molar-refractivity contribution is -0.119. The maximum Gasteiger partial charge on any atom is 0.342 e. The smallest absolute Gasteiger partial charge is 0.342 e. The standard InChI is InChI=1S/C18H18N2O4S/c1-10-7-14(25-9-19)5-6-15(10)20-16(21)8-23-18(22)17-11(2)12(3)24-13(17)4/h5-7H,8H2,1-4H3,(H,20,21). The molecule has 2 aromatic rings. The number of thiocyanates is 1. The van der Waals surface area contributed by atoms with E-state index in [4.69, 9.17) is 14.4 Å². The van der Waals surface area contributed by atoms with E-state index in [9.17, 15) is 9.59 Å². The number of furan rings is 1. The number of anilines is 1. The highest BCUT2D eigenvalue weighted by atomic mass is 32.2. The molecule has 0 aliphatic heterocycles. The first-order valence-corrected chi connectivity index (χ1v) is 8.35. The van der Waals surface area contributed by atoms with Crippen LogP contribution in [0.3, 0.4) is 0 Å². The van der Waals surface area contributed by atoms with E-state index < -0.39 is 18.5 Å². The zero-order valence-corrected chi connectivity index (χ0v) is 15.2. The molecular formula is C18H18N2O4S. The van der Waals surface area contributed by atoms with Gasteiger partial charge in [-0.1, -0.05) is 0 Å². The lowest BCUT2D eigenvalue weighted by atomic mass is 10.1. The Hall–Kier alpha value is -2.72. The lowest BCUT2D eigenvalue weighted by Gasteiger charge is -2.10. The molecular weight excluding hydrogens is 340 g/mol. The quantitative estimate of drug-likeness (QED) is 0.495. The number of amides is 1. The maximum atomic E-state index is 12.1. The molecule has 0 unspecified atom stereocenters. The first-order chi connectivity index (χ1) is 11.8. The molecule has 0 saturated heterocycles. The van der Waals surface area contributed by atoms with Gasteiger partial charge in [-0.3, -0.25) is 4.79 Å². The Labute approximate surface area is 150 Å². The number of hydrogen-bond donors (Lipinski definition) is 1. The molecule has 0 spiro atoms. The first-order valence-electron chi connectivity index (χ1n) is 7.53. The minimum absolute atomic E-state index is 0.361. The number of nitrogens with one attached hydrogen (secondary N) is 1. The molecule has 2 rings (SSSR count). The number of carbonyl (C=O) groups is 2. The van der Waals surface area contributed by atoms with Gasteiger partial charge in [0.2, 0.25) is 0 Å². The van der Waals surface area contributed by atoms with E-state index in [0.717, 1.165) is 22.2 Å². The van der Waals surface area contributed by atoms with Crippen LogP contribution >= 0.6 is 11.8 Å². The highest BCUT2D eigenvalue weighted by Gasteiger charge is 2.20. The minimum Gasteiger partial charge on any atom is -0.465 e. The summed E-state index contributed by atoms with van der Waals surface area (Å²) in [7, 11) is 0. The van der Waals surface area contributed by atoms with E-state index in [1.54, 1.807) is 39.0 Å². The van der Waals surface area contributed by atoms with E-state index in [0.29, 0.717) is 28.3 Å². The molecule has 1 heterocycles. The van der Waals surface area contributed by atoms with Crippen LogP contribution in [-0.2, 0) is 9.53 Å². The molecule has 0 radical (unpaired) electrons. The number of aryl methyl sites for hydroxylation is 3. The third-order valence-electron chi connectivity index (χ3n) is 3.74. The summed E-state index contributed by atoms with van der Waals surface area (Å²) >= 11 is 1.05. The topological polar surface area (TPSA) is 92.3 Å². The molecule has 0 fully saturated rings. The molecule has 1 aromatic carbocycles. The van der Waals surface area contributed by atoms with E-state index in [2.05, 4.69) is 5.32 Å². The Morgan fingerprint density at radius 2 is 1.96 bits per heavy atom. The van der Waals surface area contributed by atoms with E-state index in [-0.39, 0.29) is 0 Å². The number of nitriles is 1. The fraction of sp³-hybridized carbons (Fsp3) is 0.278. The van der Waals surface area contributed by atoms with Crippen LogP contribution < -0.4 is 5.32 Å². The number of nitrogens with zero attached hydrogens (tertiary/aromatic N) is 1. The molecule has 25 heavy (non-hydrogen) atoms. The third kappa shape index (κ3) is 4.43. The van der Waals surface area contributed by atoms with Gasteiger partial charge < -0.3 is 14.5 Å². The average Bonchev–Trinajstić information content (AvgIpc) is 2.81. The molecule has 0 saturated carbocycles. The van der Waals surface area contributed by atoms with Gasteiger partial charge in [0, 0.05) is 16.1 Å². The third-order valence-corrected chi connectivity index (χ3v) is 4.32. The van der Waals surface area contributed by atoms with Crippen molar-refractivity contribution in [1.82, 2.24) is 0 Å². The predicted molar refractivity (Wildman–Crippen MR) is 94.5 cm³/mol. The highest BCUT2D eigenvalue weighted by molar-refractivity contribution is 8.03. The van der Waals surface area contributed by atoms with Crippen molar-refractivity contribution in [3.8, 4) is 5.40 Å². The SMILES string of the molecule is Cc1cc(SC#N)ccc1NC(=O)COC(=O)c1c(C)oc(C)c1C. The van der Waals surface area contributed by atoms with Crippen molar-refractivity contribution in [3.05, 3.63) is 46.4 Å². The van der Waals surface area contributed by atoms with Gasteiger partial charge in [-0.05, 0) is 63.2 Å². The predicted octanol–water partition coefficient (Wildman–Crippen LogP) is 3.88. The lowest BCUT2D eigenvalue weighted by Crippen LogP contribution is -2.21. The van der Waals surface area contributed by atoms with Crippen molar-refractivity contribution in [1.29, 1.82) is 5.26 Å². The molecule has 7 heteroatoms. The van der Waals surface area contributed by atoms with Gasteiger partial charge in [0.05, 0.1) is 0 Å². The molecule has 6 nitrogen and oxygen atoms in total. The van der Waals surface area contributed by atoms with E-state index in [1.165, 1.54) is 0 Å². The molecule has 130 valence electrons. The number of hydrogen-bond acceptors (Lipinski definition) is 6. The van der Waals surface area contributed by atoms with Gasteiger partial charge in [0.1, 0.15) is 22.5 Å². The second-order valence-electron chi connectivity index (χ2n) is 5.51. The second-order valence-corrected chi connectivity index (χ2v) is 6.37. The number of rotatable bonds is 5. The summed E-state index contributed by atoms with van der Waals surface area (Å²) in [6, 6.07) is 5.25. The van der Waals surface area contributed by atoms with Crippen molar-refractivity contribution in [2.75, 3.05) is 11.9 Å². The Morgan fingerprint density at radius 1 is 1.24 bits per heavy atom. The Kier molecular flexibility index (Phi) is 5.88. The summed E-state index contributed by atoms with van der Waals surface area (Å²) in [5, 5.41) is 13.4. The maximum absolute atomic E-state index is 12.1. The van der Waals surface area contributed by atoms with Gasteiger partial charge in [-0.25, -0.2) is 4.79 Å². The summed E-state index contributed by atoms with van der Waals surface area (Å²) in [5.74, 6) is 0.105. The number of carbonyl (C=O) groups excluding carboxylic acids is 2. The fourth-order valence-electron chi connectivity index (χ4n) is 2.38. The molecule has 1 amide bonds. The monoisotopic (exact) mass is 358 g/mol. The van der Waals surface area contributed by atoms with Crippen molar-refractivity contribution in [3.63, 3.8) is 0 Å². The normalized spacial score (nSPS) is 10.2. The average molecular weight is 358 g/mol. The van der Waals surface area contributed by atoms with Crippen LogP contribution in [0.4, 0.5) is 5.69 Å². The highest BCUT2D eigenvalue weighted by Crippen LogP contribution is 2.24. The van der Waals surface area contributed by atoms with Gasteiger partial charge in [0.15, 0.2) is 6.61 Å². The zero-order chi connectivity index (χ0) is 18.6. The van der Waals surface area contributed by atoms with Crippen LogP contribution in [0.1, 0.15) is 33.0 Å². The number of thioether (sulfide) groups is 1. The summed E-state index contributed by atoms with van der Waals surface area (Å²) in [6.07, 6.45) is 0. The molecule has 1 N–H and O–H groups in total. The van der Waals surface area contributed by atoms with Crippen LogP contribution in [0.25, 0.3) is 0 Å². The van der Waals surface area contributed by atoms with Crippen LogP contribution in [0.5, 0.6) is 0 Å². The Balaban J connectivity index is 1.97. The Bertz CT molecular complexity index is 865. The Morgan fingerprint density at radius 3 is 2.52 bits per heavy atom. The molecule has 0 bridgehead atoms. The van der Waals surface area contributed by atoms with Crippen molar-refractivity contribution < 1.29 is 18.7 Å². The van der Waals surface area contributed by atoms with Gasteiger partial charge in [-0.15, -0.1) is 0 Å². The van der Waals surface area contributed by atoms with Crippen molar-refractivity contribution in [2.24, 2.45) is 0 Å². The largest absolute Gasteiger partial charge is 0.465 e. The van der Waals surface area contributed by atoms with E-state index >= 15 is 0 Å². The number of ether oxygens (including phenoxy) is 1. The minimum atomic E-state index is -0.584. The second kappa shape index (κ2) is 7.90. The summed E-state index contributed by atoms with van der Waals surface area (Å²) in [4.78, 5) is 25.0. The van der Waals surface area contributed by atoms with Crippen molar-refractivity contribution >= 4 is 29.3 Å². The van der Waals surface area contributed by atoms with Crippen LogP contribution in [0.15, 0.2) is 27.5 Å². The zero-order valence-electron chi connectivity index (χ0n) is 14.4. The molecule has 1 aromatic heterocycles. The van der Waals surface area contributed by atoms with Crippen molar-refractivity contribution in [2.45, 2.75) is 32.6 Å².